The first kappa shape index (κ1) is 19.2. The quantitative estimate of drug-likeness (QED) is 0.676. The molecule has 2 N–H and O–H groups in total. The minimum absolute atomic E-state index is 0.149. The van der Waals surface area contributed by atoms with E-state index in [2.05, 4.69) is 6.08 Å². The number of nitrogens with zero attached hydrogens (tertiary/aromatic N) is 1. The number of anilines is 1. The fourth-order valence-corrected chi connectivity index (χ4v) is 3.71. The second kappa shape index (κ2) is 8.11. The maximum atomic E-state index is 13.4. The molecule has 0 spiro atoms. The Morgan fingerprint density at radius 3 is 2.21 bits per heavy atom. The molecule has 0 bridgehead atoms. The Kier molecular flexibility index (Phi) is 5.38. The highest BCUT2D eigenvalue weighted by Gasteiger charge is 2.36. The van der Waals surface area contributed by atoms with Crippen molar-refractivity contribution in [2.45, 2.75) is 12.0 Å². The molecule has 0 unspecified atom stereocenters. The van der Waals surface area contributed by atoms with Gasteiger partial charge in [-0.3, -0.25) is 9.69 Å². The summed E-state index contributed by atoms with van der Waals surface area (Å²) in [6.45, 7) is 0. The van der Waals surface area contributed by atoms with E-state index in [4.69, 9.17) is 22.1 Å². The molecular formula is C24H21ClN2O2. The number of methoxy groups -OCH3 is 1. The lowest BCUT2D eigenvalue weighted by Crippen LogP contribution is -2.49. The molecule has 5 heteroatoms. The molecule has 146 valence electrons. The molecule has 0 saturated carbocycles. The monoisotopic (exact) mass is 404 g/mol. The molecular weight excluding hydrogens is 384 g/mol. The van der Waals surface area contributed by atoms with Gasteiger partial charge in [-0.05, 0) is 65.7 Å². The van der Waals surface area contributed by atoms with Gasteiger partial charge in [0.15, 0.2) is 0 Å². The molecule has 1 amide bonds. The van der Waals surface area contributed by atoms with E-state index in [-0.39, 0.29) is 11.8 Å². The molecule has 29 heavy (non-hydrogen) atoms. The van der Waals surface area contributed by atoms with Crippen LogP contribution in [0.25, 0.3) is 5.70 Å². The Morgan fingerprint density at radius 1 is 0.931 bits per heavy atom. The zero-order chi connectivity index (χ0) is 20.4. The molecule has 3 aromatic rings. The van der Waals surface area contributed by atoms with Gasteiger partial charge in [-0.2, -0.15) is 0 Å². The van der Waals surface area contributed by atoms with Gasteiger partial charge in [0, 0.05) is 16.6 Å². The van der Waals surface area contributed by atoms with Gasteiger partial charge >= 0.3 is 0 Å². The van der Waals surface area contributed by atoms with E-state index in [0.717, 1.165) is 28.3 Å². The number of rotatable bonds is 4. The third-order valence-corrected chi connectivity index (χ3v) is 5.38. The number of carbonyl (C=O) groups is 1. The van der Waals surface area contributed by atoms with E-state index in [1.807, 2.05) is 78.9 Å². The number of amides is 1. The highest BCUT2D eigenvalue weighted by molar-refractivity contribution is 6.30. The molecule has 0 radical (unpaired) electrons. The van der Waals surface area contributed by atoms with E-state index in [1.54, 1.807) is 12.0 Å². The van der Waals surface area contributed by atoms with E-state index in [0.29, 0.717) is 5.02 Å². The van der Waals surface area contributed by atoms with Gasteiger partial charge in [-0.1, -0.05) is 41.9 Å². The average molecular weight is 405 g/mol. The van der Waals surface area contributed by atoms with Gasteiger partial charge in [-0.15, -0.1) is 0 Å². The van der Waals surface area contributed by atoms with E-state index < -0.39 is 6.04 Å². The van der Waals surface area contributed by atoms with Crippen molar-refractivity contribution in [1.82, 2.24) is 0 Å². The largest absolute Gasteiger partial charge is 0.497 e. The Balaban J connectivity index is 1.86. The van der Waals surface area contributed by atoms with Crippen molar-refractivity contribution in [3.05, 3.63) is 101 Å². The summed E-state index contributed by atoms with van der Waals surface area (Å²) in [4.78, 5) is 15.1. The average Bonchev–Trinajstić information content (AvgIpc) is 2.77. The van der Waals surface area contributed by atoms with Crippen LogP contribution in [0, 0.1) is 0 Å². The van der Waals surface area contributed by atoms with Crippen LogP contribution >= 0.6 is 11.6 Å². The van der Waals surface area contributed by atoms with Crippen LogP contribution in [-0.2, 0) is 4.79 Å². The fourth-order valence-electron chi connectivity index (χ4n) is 3.59. The summed E-state index contributed by atoms with van der Waals surface area (Å²) in [5.74, 6) is 0.356. The van der Waals surface area contributed by atoms with Crippen LogP contribution in [-0.4, -0.2) is 19.1 Å². The summed E-state index contributed by atoms with van der Waals surface area (Å²) in [6.07, 6.45) is 2.06. The second-order valence-electron chi connectivity index (χ2n) is 6.89. The predicted molar refractivity (Wildman–Crippen MR) is 117 cm³/mol. The summed E-state index contributed by atoms with van der Waals surface area (Å²) < 4.78 is 5.28. The number of benzene rings is 3. The number of halogens is 1. The molecule has 4 rings (SSSR count). The lowest BCUT2D eigenvalue weighted by molar-refractivity contribution is -0.119. The predicted octanol–water partition coefficient (Wildman–Crippen LogP) is 4.85. The van der Waals surface area contributed by atoms with E-state index in [1.165, 1.54) is 0 Å². The summed E-state index contributed by atoms with van der Waals surface area (Å²) >= 11 is 6.04. The fraction of sp³-hybridized carbons (Fsp3) is 0.125. The first-order chi connectivity index (χ1) is 14.1. The summed E-state index contributed by atoms with van der Waals surface area (Å²) in [7, 11) is 1.63. The van der Waals surface area contributed by atoms with Gasteiger partial charge in [0.1, 0.15) is 5.75 Å². The van der Waals surface area contributed by atoms with Crippen LogP contribution in [0.2, 0.25) is 5.02 Å². The Hall–Kier alpha value is -3.08. The Labute approximate surface area is 175 Å². The smallest absolute Gasteiger partial charge is 0.249 e. The molecule has 0 fully saturated rings. The normalized spacial score (nSPS) is 19.1. The van der Waals surface area contributed by atoms with Crippen LogP contribution in [0.15, 0.2) is 84.9 Å². The van der Waals surface area contributed by atoms with E-state index in [9.17, 15) is 4.79 Å². The minimum atomic E-state index is -0.696. The minimum Gasteiger partial charge on any atom is -0.497 e. The molecule has 0 saturated heterocycles. The third-order valence-electron chi connectivity index (χ3n) is 5.13. The number of nitrogens with two attached hydrogens (primary N) is 1. The standard InChI is InChI=1S/C24H21ClN2O2/c1-29-20-13-9-17(10-14-20)22-15-21(16-7-11-18(25)12-8-16)23(26)24(28)27(22)19-5-3-2-4-6-19/h2-15,21,23H,26H2,1H3/t21-,23-/m1/s1. The molecule has 4 nitrogen and oxygen atoms in total. The van der Waals surface area contributed by atoms with Crippen molar-refractivity contribution in [2.24, 2.45) is 5.73 Å². The van der Waals surface area contributed by atoms with Crippen molar-refractivity contribution in [3.63, 3.8) is 0 Å². The summed E-state index contributed by atoms with van der Waals surface area (Å²) in [5, 5.41) is 0.648. The number of para-hydroxylation sites is 1. The third kappa shape index (κ3) is 3.77. The molecule has 1 aliphatic heterocycles. The topological polar surface area (TPSA) is 55.6 Å². The molecule has 3 aromatic carbocycles. The van der Waals surface area contributed by atoms with Crippen molar-refractivity contribution in [2.75, 3.05) is 12.0 Å². The second-order valence-corrected chi connectivity index (χ2v) is 7.33. The Morgan fingerprint density at radius 2 is 1.59 bits per heavy atom. The van der Waals surface area contributed by atoms with Crippen LogP contribution in [0.5, 0.6) is 5.75 Å². The number of ether oxygens (including phenoxy) is 1. The van der Waals surface area contributed by atoms with Gasteiger partial charge in [0.25, 0.3) is 0 Å². The highest BCUT2D eigenvalue weighted by Crippen LogP contribution is 2.37. The van der Waals surface area contributed by atoms with Crippen LogP contribution < -0.4 is 15.4 Å². The van der Waals surface area contributed by atoms with Gasteiger partial charge < -0.3 is 10.5 Å². The lowest BCUT2D eigenvalue weighted by Gasteiger charge is -2.36. The van der Waals surface area contributed by atoms with Crippen LogP contribution in [0.4, 0.5) is 5.69 Å². The van der Waals surface area contributed by atoms with Crippen molar-refractivity contribution in [3.8, 4) is 5.75 Å². The summed E-state index contributed by atoms with van der Waals surface area (Å²) in [5.41, 5.74) is 9.86. The van der Waals surface area contributed by atoms with Gasteiger partial charge in [-0.25, -0.2) is 0 Å². The van der Waals surface area contributed by atoms with Crippen molar-refractivity contribution >= 4 is 28.9 Å². The van der Waals surface area contributed by atoms with Crippen molar-refractivity contribution < 1.29 is 9.53 Å². The number of hydrogen-bond donors (Lipinski definition) is 1. The maximum Gasteiger partial charge on any atom is 0.249 e. The SMILES string of the molecule is COc1ccc(C2=C[C@H](c3ccc(Cl)cc3)[C@@H](N)C(=O)N2c2ccccc2)cc1. The molecule has 1 heterocycles. The molecule has 2 atom stereocenters. The molecule has 0 aromatic heterocycles. The van der Waals surface area contributed by atoms with Crippen molar-refractivity contribution in [1.29, 1.82) is 0 Å². The van der Waals surface area contributed by atoms with Gasteiger partial charge in [0.05, 0.1) is 18.8 Å². The first-order valence-corrected chi connectivity index (χ1v) is 9.72. The Bertz CT molecular complexity index is 1030. The van der Waals surface area contributed by atoms with E-state index >= 15 is 0 Å². The molecule has 0 aliphatic carbocycles. The highest BCUT2D eigenvalue weighted by atomic mass is 35.5. The first-order valence-electron chi connectivity index (χ1n) is 9.35. The summed E-state index contributed by atoms with van der Waals surface area (Å²) in [6, 6.07) is 24.0. The zero-order valence-electron chi connectivity index (χ0n) is 16.0. The number of hydrogen-bond acceptors (Lipinski definition) is 3. The zero-order valence-corrected chi connectivity index (χ0v) is 16.7. The maximum absolute atomic E-state index is 13.4. The molecule has 1 aliphatic rings. The lowest BCUT2D eigenvalue weighted by atomic mass is 9.85. The van der Waals surface area contributed by atoms with Crippen LogP contribution in [0.1, 0.15) is 17.0 Å². The number of carbonyl (C=O) groups excluding carboxylic acids is 1. The van der Waals surface area contributed by atoms with Crippen LogP contribution in [0.3, 0.4) is 0 Å². The van der Waals surface area contributed by atoms with Gasteiger partial charge in [0.2, 0.25) is 5.91 Å².